The molecule has 10 heteroatoms. The third-order valence-electron chi connectivity index (χ3n) is 3.65. The number of amides is 1. The predicted molar refractivity (Wildman–Crippen MR) is 86.6 cm³/mol. The molecule has 1 atom stereocenters. The first-order chi connectivity index (χ1) is 12.1. The van der Waals surface area contributed by atoms with E-state index in [9.17, 15) is 22.8 Å². The summed E-state index contributed by atoms with van der Waals surface area (Å²) in [5.74, 6) is -1.35. The van der Waals surface area contributed by atoms with Gasteiger partial charge >= 0.3 is 12.1 Å². The van der Waals surface area contributed by atoms with Gasteiger partial charge in [-0.1, -0.05) is 6.07 Å². The van der Waals surface area contributed by atoms with Crippen molar-refractivity contribution in [2.24, 2.45) is 5.10 Å². The number of hydrazone groups is 1. The number of anilines is 1. The molecule has 0 fully saturated rings. The van der Waals surface area contributed by atoms with Gasteiger partial charge in [0.15, 0.2) is 5.69 Å². The van der Waals surface area contributed by atoms with Gasteiger partial charge in [0.1, 0.15) is 11.3 Å². The fourth-order valence-corrected chi connectivity index (χ4v) is 2.28. The molecule has 1 aromatic rings. The standard InChI is InChI=1S/C16H15F3N4O3/c1-4-26-13(24)12-8-15(2,23-22-12)14(25)21-9-5-6-11(20-3)10(7-9)16(17,18)19/h5-7,23H,4,8H2,1-2H3,(H,21,25). The minimum Gasteiger partial charge on any atom is -0.461 e. The minimum atomic E-state index is -4.73. The van der Waals surface area contributed by atoms with Gasteiger partial charge in [0, 0.05) is 12.1 Å². The highest BCUT2D eigenvalue weighted by Gasteiger charge is 2.41. The van der Waals surface area contributed by atoms with Crippen LogP contribution < -0.4 is 10.7 Å². The number of halogens is 3. The summed E-state index contributed by atoms with van der Waals surface area (Å²) >= 11 is 0. The maximum atomic E-state index is 13.0. The third-order valence-corrected chi connectivity index (χ3v) is 3.65. The lowest BCUT2D eigenvalue weighted by Crippen LogP contribution is -2.48. The average molecular weight is 368 g/mol. The van der Waals surface area contributed by atoms with Crippen LogP contribution in [0.2, 0.25) is 0 Å². The molecular formula is C16H15F3N4O3. The van der Waals surface area contributed by atoms with Crippen LogP contribution in [-0.2, 0) is 20.5 Å². The fourth-order valence-electron chi connectivity index (χ4n) is 2.28. The van der Waals surface area contributed by atoms with Crippen molar-refractivity contribution < 1.29 is 27.5 Å². The maximum absolute atomic E-state index is 13.0. The molecule has 7 nitrogen and oxygen atoms in total. The number of nitrogens with one attached hydrogen (secondary N) is 2. The van der Waals surface area contributed by atoms with Gasteiger partial charge in [0.2, 0.25) is 0 Å². The summed E-state index contributed by atoms with van der Waals surface area (Å²) in [6, 6.07) is 2.87. The molecule has 1 aliphatic heterocycles. The molecule has 26 heavy (non-hydrogen) atoms. The van der Waals surface area contributed by atoms with Crippen molar-refractivity contribution in [3.8, 4) is 0 Å². The zero-order valence-corrected chi connectivity index (χ0v) is 13.9. The highest BCUT2D eigenvalue weighted by Crippen LogP contribution is 2.38. The van der Waals surface area contributed by atoms with Gasteiger partial charge in [0.05, 0.1) is 18.7 Å². The van der Waals surface area contributed by atoms with E-state index in [2.05, 4.69) is 20.7 Å². The summed E-state index contributed by atoms with van der Waals surface area (Å²) in [7, 11) is 0. The first kappa shape index (κ1) is 19.2. The Labute approximate surface area is 147 Å². The molecule has 138 valence electrons. The number of nitrogens with zero attached hydrogens (tertiary/aromatic N) is 2. The Kier molecular flexibility index (Phi) is 5.20. The highest BCUT2D eigenvalue weighted by atomic mass is 19.4. The smallest absolute Gasteiger partial charge is 0.407 e. The van der Waals surface area contributed by atoms with E-state index in [0.717, 1.165) is 6.07 Å². The molecule has 1 unspecified atom stereocenters. The number of carbonyl (C=O) groups excluding carboxylic acids is 2. The Morgan fingerprint density at radius 3 is 2.73 bits per heavy atom. The van der Waals surface area contributed by atoms with Crippen LogP contribution >= 0.6 is 0 Å². The van der Waals surface area contributed by atoms with E-state index in [1.54, 1.807) is 6.92 Å². The molecule has 1 amide bonds. The second kappa shape index (κ2) is 7.03. The monoisotopic (exact) mass is 368 g/mol. The Morgan fingerprint density at radius 1 is 1.46 bits per heavy atom. The van der Waals surface area contributed by atoms with E-state index >= 15 is 0 Å². The summed E-state index contributed by atoms with van der Waals surface area (Å²) in [6.45, 7) is 10.0. The number of alkyl halides is 3. The Hall–Kier alpha value is -3.09. The number of ether oxygens (including phenoxy) is 1. The van der Waals surface area contributed by atoms with E-state index in [1.165, 1.54) is 13.0 Å². The van der Waals surface area contributed by atoms with Crippen molar-refractivity contribution in [3.05, 3.63) is 35.2 Å². The quantitative estimate of drug-likeness (QED) is 0.632. The minimum absolute atomic E-state index is 0.0174. The van der Waals surface area contributed by atoms with Crippen molar-refractivity contribution in [2.75, 3.05) is 11.9 Å². The van der Waals surface area contributed by atoms with Crippen LogP contribution in [-0.4, -0.2) is 29.7 Å². The number of rotatable bonds is 4. The molecule has 1 aliphatic rings. The Bertz CT molecular complexity index is 814. The van der Waals surface area contributed by atoms with Crippen LogP contribution in [0.4, 0.5) is 24.5 Å². The molecule has 0 saturated heterocycles. The van der Waals surface area contributed by atoms with Gasteiger partial charge in [-0.15, -0.1) is 0 Å². The molecule has 2 rings (SSSR count). The van der Waals surface area contributed by atoms with E-state index in [-0.39, 0.29) is 24.4 Å². The SMILES string of the molecule is [C-]#[N+]c1ccc(NC(=O)C2(C)CC(C(=O)OCC)=NN2)cc1C(F)(F)F. The molecule has 0 bridgehead atoms. The number of benzene rings is 1. The molecule has 1 heterocycles. The summed E-state index contributed by atoms with van der Waals surface area (Å²) in [5.41, 5.74) is -0.614. The molecule has 0 aromatic heterocycles. The van der Waals surface area contributed by atoms with E-state index < -0.39 is 34.8 Å². The second-order valence-electron chi connectivity index (χ2n) is 5.70. The van der Waals surface area contributed by atoms with Crippen molar-refractivity contribution in [2.45, 2.75) is 32.0 Å². The Balaban J connectivity index is 2.16. The summed E-state index contributed by atoms with van der Waals surface area (Å²) in [5, 5.41) is 6.12. The topological polar surface area (TPSA) is 84.2 Å². The molecule has 2 N–H and O–H groups in total. The predicted octanol–water partition coefficient (Wildman–Crippen LogP) is 2.87. The van der Waals surface area contributed by atoms with Crippen LogP contribution in [0.25, 0.3) is 4.85 Å². The zero-order valence-electron chi connectivity index (χ0n) is 13.9. The lowest BCUT2D eigenvalue weighted by molar-refractivity contribution is -0.137. The zero-order chi connectivity index (χ0) is 19.5. The molecule has 1 aromatic carbocycles. The van der Waals surface area contributed by atoms with Crippen molar-refractivity contribution in [1.29, 1.82) is 0 Å². The number of carbonyl (C=O) groups is 2. The first-order valence-corrected chi connectivity index (χ1v) is 7.51. The number of esters is 1. The maximum Gasteiger partial charge on any atom is 0.407 e. The van der Waals surface area contributed by atoms with E-state index in [0.29, 0.717) is 6.07 Å². The normalized spacial score (nSPS) is 19.2. The van der Waals surface area contributed by atoms with Gasteiger partial charge < -0.3 is 10.1 Å². The summed E-state index contributed by atoms with van der Waals surface area (Å²) < 4.78 is 43.8. The van der Waals surface area contributed by atoms with Gasteiger partial charge in [-0.05, 0) is 26.0 Å². The number of hydrogen-bond donors (Lipinski definition) is 2. The van der Waals surface area contributed by atoms with Crippen LogP contribution in [0, 0.1) is 6.57 Å². The highest BCUT2D eigenvalue weighted by molar-refractivity contribution is 6.38. The van der Waals surface area contributed by atoms with Crippen LogP contribution in [0.5, 0.6) is 0 Å². The van der Waals surface area contributed by atoms with Crippen molar-refractivity contribution >= 4 is 29.0 Å². The van der Waals surface area contributed by atoms with Crippen LogP contribution in [0.1, 0.15) is 25.8 Å². The van der Waals surface area contributed by atoms with Gasteiger partial charge in [-0.2, -0.15) is 18.3 Å². The largest absolute Gasteiger partial charge is 0.461 e. The molecule has 0 radical (unpaired) electrons. The summed E-state index contributed by atoms with van der Waals surface area (Å²) in [4.78, 5) is 26.9. The van der Waals surface area contributed by atoms with Crippen molar-refractivity contribution in [1.82, 2.24) is 5.43 Å². The molecule has 0 saturated carbocycles. The molecular weight excluding hydrogens is 353 g/mol. The third kappa shape index (κ3) is 3.93. The van der Waals surface area contributed by atoms with E-state index in [1.807, 2.05) is 0 Å². The first-order valence-electron chi connectivity index (χ1n) is 7.51. The molecule has 0 spiro atoms. The summed E-state index contributed by atoms with van der Waals surface area (Å²) in [6.07, 6.45) is -4.81. The lowest BCUT2D eigenvalue weighted by Gasteiger charge is -2.22. The number of hydrogen-bond acceptors (Lipinski definition) is 5. The second-order valence-corrected chi connectivity index (χ2v) is 5.70. The van der Waals surface area contributed by atoms with Crippen LogP contribution in [0.15, 0.2) is 23.3 Å². The van der Waals surface area contributed by atoms with Crippen molar-refractivity contribution in [3.63, 3.8) is 0 Å². The van der Waals surface area contributed by atoms with E-state index in [4.69, 9.17) is 11.3 Å². The Morgan fingerprint density at radius 2 is 2.15 bits per heavy atom. The lowest BCUT2D eigenvalue weighted by atomic mass is 9.95. The fraction of sp³-hybridized carbons (Fsp3) is 0.375. The molecule has 0 aliphatic carbocycles. The average Bonchev–Trinajstić information content (AvgIpc) is 2.98. The van der Waals surface area contributed by atoms with Crippen LogP contribution in [0.3, 0.4) is 0 Å². The van der Waals surface area contributed by atoms with Gasteiger partial charge in [0.25, 0.3) is 5.91 Å². The van der Waals surface area contributed by atoms with Gasteiger partial charge in [-0.3, -0.25) is 10.2 Å². The van der Waals surface area contributed by atoms with Gasteiger partial charge in [-0.25, -0.2) is 9.64 Å².